The average Bonchev–Trinajstić information content (AvgIpc) is 3.01. The van der Waals surface area contributed by atoms with Crippen LogP contribution in [0.25, 0.3) is 0 Å². The van der Waals surface area contributed by atoms with Gasteiger partial charge >= 0.3 is 0 Å². The number of aryl methyl sites for hydroxylation is 2. The Morgan fingerprint density at radius 3 is 2.50 bits per heavy atom. The second kappa shape index (κ2) is 8.16. The van der Waals surface area contributed by atoms with E-state index in [9.17, 15) is 0 Å². The molecule has 0 saturated carbocycles. The SMILES string of the molecule is CN=C(NCC(C)c1c(C)noc1C)N1CCN(c2ncccn2)CC1. The van der Waals surface area contributed by atoms with Crippen LogP contribution in [0, 0.1) is 13.8 Å². The molecule has 1 aliphatic heterocycles. The summed E-state index contributed by atoms with van der Waals surface area (Å²) < 4.78 is 5.28. The largest absolute Gasteiger partial charge is 0.361 e. The van der Waals surface area contributed by atoms with Gasteiger partial charge in [0.25, 0.3) is 0 Å². The molecular formula is C18H27N7O. The van der Waals surface area contributed by atoms with Crippen LogP contribution in [0.5, 0.6) is 0 Å². The van der Waals surface area contributed by atoms with Crippen molar-refractivity contribution in [2.75, 3.05) is 44.7 Å². The maximum absolute atomic E-state index is 5.28. The lowest BCUT2D eigenvalue weighted by Gasteiger charge is -2.36. The Morgan fingerprint density at radius 2 is 1.92 bits per heavy atom. The molecule has 3 heterocycles. The van der Waals surface area contributed by atoms with Crippen LogP contribution in [0.2, 0.25) is 0 Å². The number of rotatable bonds is 4. The van der Waals surface area contributed by atoms with Crippen molar-refractivity contribution in [2.45, 2.75) is 26.7 Å². The molecule has 1 aliphatic rings. The first-order chi connectivity index (χ1) is 12.6. The number of aromatic nitrogens is 3. The predicted octanol–water partition coefficient (Wildman–Crippen LogP) is 1.58. The number of hydrogen-bond acceptors (Lipinski definition) is 6. The van der Waals surface area contributed by atoms with Gasteiger partial charge in [-0.2, -0.15) is 0 Å². The average molecular weight is 357 g/mol. The summed E-state index contributed by atoms with van der Waals surface area (Å²) in [6, 6.07) is 1.84. The lowest BCUT2D eigenvalue weighted by molar-refractivity contribution is 0.369. The standard InChI is InChI=1S/C18H27N7O/c1-13(16-14(2)23-26-15(16)3)12-22-17(19-4)24-8-10-25(11-9-24)18-20-6-5-7-21-18/h5-7,13H,8-12H2,1-4H3,(H,19,22). The fourth-order valence-electron chi connectivity index (χ4n) is 3.45. The summed E-state index contributed by atoms with van der Waals surface area (Å²) in [5.74, 6) is 2.92. The second-order valence-electron chi connectivity index (χ2n) is 6.59. The Hall–Kier alpha value is -2.64. The van der Waals surface area contributed by atoms with E-state index in [-0.39, 0.29) is 0 Å². The molecule has 1 fully saturated rings. The van der Waals surface area contributed by atoms with Crippen LogP contribution in [0.1, 0.15) is 29.9 Å². The zero-order valence-corrected chi connectivity index (χ0v) is 15.9. The Labute approximate surface area is 154 Å². The molecule has 1 unspecified atom stereocenters. The van der Waals surface area contributed by atoms with Gasteiger partial charge in [0.1, 0.15) is 5.76 Å². The highest BCUT2D eigenvalue weighted by Crippen LogP contribution is 2.22. The molecular weight excluding hydrogens is 330 g/mol. The zero-order chi connectivity index (χ0) is 18.5. The van der Waals surface area contributed by atoms with Gasteiger partial charge < -0.3 is 19.6 Å². The number of guanidine groups is 1. The molecule has 2 aromatic heterocycles. The molecule has 0 aromatic carbocycles. The van der Waals surface area contributed by atoms with Gasteiger partial charge in [0.2, 0.25) is 5.95 Å². The van der Waals surface area contributed by atoms with Gasteiger partial charge in [-0.15, -0.1) is 0 Å². The maximum Gasteiger partial charge on any atom is 0.225 e. The molecule has 2 aromatic rings. The van der Waals surface area contributed by atoms with Crippen molar-refractivity contribution < 1.29 is 4.52 Å². The molecule has 140 valence electrons. The fraction of sp³-hybridized carbons (Fsp3) is 0.556. The smallest absolute Gasteiger partial charge is 0.225 e. The molecule has 0 bridgehead atoms. The van der Waals surface area contributed by atoms with E-state index in [1.54, 1.807) is 12.4 Å². The van der Waals surface area contributed by atoms with Crippen LogP contribution in [0.4, 0.5) is 5.95 Å². The molecule has 8 nitrogen and oxygen atoms in total. The van der Waals surface area contributed by atoms with Gasteiger partial charge in [-0.3, -0.25) is 4.99 Å². The minimum absolute atomic E-state index is 0.303. The summed E-state index contributed by atoms with van der Waals surface area (Å²) in [7, 11) is 1.83. The van der Waals surface area contributed by atoms with E-state index in [2.05, 4.69) is 42.2 Å². The minimum Gasteiger partial charge on any atom is -0.361 e. The van der Waals surface area contributed by atoms with Crippen LogP contribution in [0.15, 0.2) is 28.0 Å². The van der Waals surface area contributed by atoms with Gasteiger partial charge in [-0.05, 0) is 19.9 Å². The second-order valence-corrected chi connectivity index (χ2v) is 6.59. The summed E-state index contributed by atoms with van der Waals surface area (Å²) in [6.07, 6.45) is 3.57. The van der Waals surface area contributed by atoms with Crippen molar-refractivity contribution in [2.24, 2.45) is 4.99 Å². The highest BCUT2D eigenvalue weighted by Gasteiger charge is 2.22. The lowest BCUT2D eigenvalue weighted by atomic mass is 10.00. The van der Waals surface area contributed by atoms with Gasteiger partial charge in [0.05, 0.1) is 5.69 Å². The molecule has 0 aliphatic carbocycles. The number of nitrogens with one attached hydrogen (secondary N) is 1. The van der Waals surface area contributed by atoms with E-state index in [0.29, 0.717) is 5.92 Å². The molecule has 0 amide bonds. The van der Waals surface area contributed by atoms with Crippen molar-refractivity contribution in [3.8, 4) is 0 Å². The zero-order valence-electron chi connectivity index (χ0n) is 15.9. The van der Waals surface area contributed by atoms with Crippen molar-refractivity contribution in [1.29, 1.82) is 0 Å². The van der Waals surface area contributed by atoms with E-state index in [1.165, 1.54) is 5.56 Å². The van der Waals surface area contributed by atoms with Crippen molar-refractivity contribution in [3.63, 3.8) is 0 Å². The van der Waals surface area contributed by atoms with Crippen LogP contribution < -0.4 is 10.2 Å². The molecule has 1 atom stereocenters. The molecule has 3 rings (SSSR count). The number of hydrogen-bond donors (Lipinski definition) is 1. The quantitative estimate of drug-likeness (QED) is 0.657. The predicted molar refractivity (Wildman–Crippen MR) is 102 cm³/mol. The number of piperazine rings is 1. The van der Waals surface area contributed by atoms with Gasteiger partial charge in [0, 0.05) is 63.6 Å². The van der Waals surface area contributed by atoms with Crippen LogP contribution in [-0.4, -0.2) is 65.8 Å². The Bertz CT molecular complexity index is 716. The van der Waals surface area contributed by atoms with E-state index < -0.39 is 0 Å². The molecule has 26 heavy (non-hydrogen) atoms. The summed E-state index contributed by atoms with van der Waals surface area (Å²) in [5.41, 5.74) is 2.14. The topological polar surface area (TPSA) is 82.7 Å². The van der Waals surface area contributed by atoms with Gasteiger partial charge in [0.15, 0.2) is 5.96 Å². The fourth-order valence-corrected chi connectivity index (χ4v) is 3.45. The normalized spacial score (nSPS) is 16.7. The first kappa shape index (κ1) is 18.2. The van der Waals surface area contributed by atoms with E-state index >= 15 is 0 Å². The maximum atomic E-state index is 5.28. The third-order valence-corrected chi connectivity index (χ3v) is 4.77. The third kappa shape index (κ3) is 3.95. The minimum atomic E-state index is 0.303. The Morgan fingerprint density at radius 1 is 1.23 bits per heavy atom. The van der Waals surface area contributed by atoms with E-state index in [4.69, 9.17) is 4.52 Å². The monoisotopic (exact) mass is 357 g/mol. The van der Waals surface area contributed by atoms with Crippen molar-refractivity contribution in [3.05, 3.63) is 35.5 Å². The first-order valence-electron chi connectivity index (χ1n) is 9.00. The number of nitrogens with zero attached hydrogens (tertiary/aromatic N) is 6. The molecule has 0 radical (unpaired) electrons. The third-order valence-electron chi connectivity index (χ3n) is 4.77. The van der Waals surface area contributed by atoms with Gasteiger partial charge in [-0.1, -0.05) is 12.1 Å². The molecule has 1 saturated heterocycles. The van der Waals surface area contributed by atoms with Crippen molar-refractivity contribution in [1.82, 2.24) is 25.3 Å². The van der Waals surface area contributed by atoms with Crippen LogP contribution >= 0.6 is 0 Å². The lowest BCUT2D eigenvalue weighted by Crippen LogP contribution is -2.53. The first-order valence-corrected chi connectivity index (χ1v) is 9.00. The number of aliphatic imine (C=N–C) groups is 1. The number of anilines is 1. The van der Waals surface area contributed by atoms with E-state index in [0.717, 1.165) is 56.1 Å². The summed E-state index contributed by atoms with van der Waals surface area (Å²) in [6.45, 7) is 10.5. The summed E-state index contributed by atoms with van der Waals surface area (Å²) in [4.78, 5) is 17.6. The van der Waals surface area contributed by atoms with Crippen LogP contribution in [-0.2, 0) is 0 Å². The Balaban J connectivity index is 1.54. The van der Waals surface area contributed by atoms with E-state index in [1.807, 2.05) is 27.0 Å². The van der Waals surface area contributed by atoms with Crippen molar-refractivity contribution >= 4 is 11.9 Å². The highest BCUT2D eigenvalue weighted by molar-refractivity contribution is 5.80. The molecule has 0 spiro atoms. The molecule has 8 heteroatoms. The summed E-state index contributed by atoms with van der Waals surface area (Å²) >= 11 is 0. The summed E-state index contributed by atoms with van der Waals surface area (Å²) in [5, 5.41) is 7.54. The van der Waals surface area contributed by atoms with Crippen LogP contribution in [0.3, 0.4) is 0 Å². The Kier molecular flexibility index (Phi) is 5.70. The molecule has 1 N–H and O–H groups in total. The highest BCUT2D eigenvalue weighted by atomic mass is 16.5. The van der Waals surface area contributed by atoms with Gasteiger partial charge in [-0.25, -0.2) is 9.97 Å².